The van der Waals surface area contributed by atoms with Crippen molar-refractivity contribution in [1.29, 1.82) is 0 Å². The zero-order valence-electron chi connectivity index (χ0n) is 16.6. The van der Waals surface area contributed by atoms with Gasteiger partial charge in [0.15, 0.2) is 5.11 Å². The molecule has 0 aliphatic carbocycles. The van der Waals surface area contributed by atoms with Crippen LogP contribution >= 0.6 is 12.2 Å². The smallest absolute Gasteiger partial charge is 0.261 e. The van der Waals surface area contributed by atoms with Gasteiger partial charge in [-0.3, -0.25) is 14.9 Å². The van der Waals surface area contributed by atoms with Crippen LogP contribution in [0.2, 0.25) is 0 Å². The average Bonchev–Trinajstić information content (AvgIpc) is 2.73. The quantitative estimate of drug-likeness (QED) is 0.751. The van der Waals surface area contributed by atoms with Gasteiger partial charge in [0.2, 0.25) is 0 Å². The van der Waals surface area contributed by atoms with Crippen molar-refractivity contribution >= 4 is 34.8 Å². The third kappa shape index (κ3) is 5.32. The number of carbonyl (C=O) groups excluding carboxylic acids is 2. The largest absolute Gasteiger partial charge is 0.496 e. The van der Waals surface area contributed by atoms with Crippen molar-refractivity contribution in [2.75, 3.05) is 25.5 Å². The number of anilines is 1. The number of piperidine rings is 1. The van der Waals surface area contributed by atoms with Gasteiger partial charge in [-0.1, -0.05) is 25.1 Å². The van der Waals surface area contributed by atoms with Crippen LogP contribution in [0.1, 0.15) is 40.5 Å². The van der Waals surface area contributed by atoms with Crippen LogP contribution in [0.4, 0.5) is 5.69 Å². The Kier molecular flexibility index (Phi) is 6.82. The zero-order chi connectivity index (χ0) is 20.8. The number of para-hydroxylation sites is 1. The van der Waals surface area contributed by atoms with E-state index in [0.717, 1.165) is 25.9 Å². The Hall–Kier alpha value is -2.93. The molecule has 1 aliphatic heterocycles. The zero-order valence-corrected chi connectivity index (χ0v) is 17.4. The van der Waals surface area contributed by atoms with E-state index in [4.69, 9.17) is 17.0 Å². The number of benzene rings is 2. The molecular weight excluding hydrogens is 386 g/mol. The number of likely N-dealkylation sites (tertiary alicyclic amines) is 1. The topological polar surface area (TPSA) is 70.7 Å². The number of ether oxygens (including phenoxy) is 1. The Balaban J connectivity index is 1.63. The summed E-state index contributed by atoms with van der Waals surface area (Å²) in [5, 5.41) is 5.77. The van der Waals surface area contributed by atoms with Crippen LogP contribution in [0.5, 0.6) is 5.75 Å². The van der Waals surface area contributed by atoms with Crippen LogP contribution in [0.3, 0.4) is 0 Å². The summed E-state index contributed by atoms with van der Waals surface area (Å²) in [5.41, 5.74) is 1.64. The van der Waals surface area contributed by atoms with Gasteiger partial charge in [0.25, 0.3) is 11.8 Å². The van der Waals surface area contributed by atoms with Crippen molar-refractivity contribution in [2.45, 2.75) is 19.8 Å². The molecule has 0 bridgehead atoms. The van der Waals surface area contributed by atoms with Crippen molar-refractivity contribution in [2.24, 2.45) is 5.92 Å². The molecule has 7 heteroatoms. The second-order valence-corrected chi connectivity index (χ2v) is 7.57. The van der Waals surface area contributed by atoms with E-state index < -0.39 is 0 Å². The lowest BCUT2D eigenvalue weighted by Crippen LogP contribution is -2.38. The molecule has 152 valence electrons. The predicted octanol–water partition coefficient (Wildman–Crippen LogP) is 3.69. The molecule has 0 saturated carbocycles. The Morgan fingerprint density at radius 3 is 2.55 bits per heavy atom. The van der Waals surface area contributed by atoms with E-state index in [0.29, 0.717) is 28.5 Å². The molecule has 2 aromatic rings. The highest BCUT2D eigenvalue weighted by atomic mass is 32.1. The fourth-order valence-corrected chi connectivity index (χ4v) is 3.50. The van der Waals surface area contributed by atoms with Gasteiger partial charge in [-0.05, 0) is 61.3 Å². The van der Waals surface area contributed by atoms with Gasteiger partial charge >= 0.3 is 0 Å². The fourth-order valence-electron chi connectivity index (χ4n) is 3.29. The second kappa shape index (κ2) is 9.52. The highest BCUT2D eigenvalue weighted by Gasteiger charge is 2.21. The lowest BCUT2D eigenvalue weighted by Gasteiger charge is -2.30. The van der Waals surface area contributed by atoms with Gasteiger partial charge in [-0.25, -0.2) is 0 Å². The lowest BCUT2D eigenvalue weighted by atomic mass is 9.98. The maximum atomic E-state index is 12.8. The van der Waals surface area contributed by atoms with Gasteiger partial charge in [-0.2, -0.15) is 0 Å². The number of amides is 2. The molecule has 0 unspecified atom stereocenters. The molecule has 0 aromatic heterocycles. The lowest BCUT2D eigenvalue weighted by molar-refractivity contribution is 0.0697. The molecule has 0 spiro atoms. The van der Waals surface area contributed by atoms with Gasteiger partial charge < -0.3 is 15.0 Å². The van der Waals surface area contributed by atoms with E-state index in [1.54, 1.807) is 48.5 Å². The van der Waals surface area contributed by atoms with Gasteiger partial charge in [0.1, 0.15) is 5.75 Å². The number of carbonyl (C=O) groups is 2. The number of hydrogen-bond donors (Lipinski definition) is 2. The Morgan fingerprint density at radius 2 is 1.83 bits per heavy atom. The molecule has 3 rings (SSSR count). The van der Waals surface area contributed by atoms with Crippen LogP contribution in [-0.4, -0.2) is 42.0 Å². The number of nitrogens with one attached hydrogen (secondary N) is 2. The molecule has 6 nitrogen and oxygen atoms in total. The first kappa shape index (κ1) is 20.8. The summed E-state index contributed by atoms with van der Waals surface area (Å²) in [7, 11) is 1.51. The molecule has 1 fully saturated rings. The summed E-state index contributed by atoms with van der Waals surface area (Å²) < 4.78 is 5.21. The van der Waals surface area contributed by atoms with Crippen molar-refractivity contribution in [1.82, 2.24) is 10.2 Å². The van der Waals surface area contributed by atoms with Crippen molar-refractivity contribution in [3.63, 3.8) is 0 Å². The minimum atomic E-state index is -0.366. The van der Waals surface area contributed by atoms with E-state index in [1.165, 1.54) is 7.11 Å². The van der Waals surface area contributed by atoms with Gasteiger partial charge in [0, 0.05) is 24.3 Å². The van der Waals surface area contributed by atoms with Crippen molar-refractivity contribution < 1.29 is 14.3 Å². The van der Waals surface area contributed by atoms with Crippen molar-refractivity contribution in [3.05, 3.63) is 59.7 Å². The standard InChI is InChI=1S/C22H25N3O3S/c1-15-10-12-25(13-11-15)21(27)16-6-5-7-17(14-16)23-22(29)24-20(26)18-8-3-4-9-19(18)28-2/h3-9,14-15H,10-13H2,1-2H3,(H2,23,24,26,29). The maximum absolute atomic E-state index is 12.8. The minimum Gasteiger partial charge on any atom is -0.496 e. The summed E-state index contributed by atoms with van der Waals surface area (Å²) in [6.45, 7) is 3.78. The molecular formula is C22H25N3O3S. The molecule has 0 atom stereocenters. The SMILES string of the molecule is COc1ccccc1C(=O)NC(=S)Nc1cccc(C(=O)N2CCC(C)CC2)c1. The number of thiocarbonyl (C=S) groups is 1. The summed E-state index contributed by atoms with van der Waals surface area (Å²) in [4.78, 5) is 27.1. The molecule has 1 saturated heterocycles. The first-order valence-electron chi connectivity index (χ1n) is 9.62. The Labute approximate surface area is 176 Å². The van der Waals surface area contributed by atoms with Gasteiger partial charge in [0.05, 0.1) is 12.7 Å². The van der Waals surface area contributed by atoms with E-state index in [-0.39, 0.29) is 16.9 Å². The van der Waals surface area contributed by atoms with Crippen LogP contribution in [0.15, 0.2) is 48.5 Å². The molecule has 2 amide bonds. The first-order valence-corrected chi connectivity index (χ1v) is 10.0. The summed E-state index contributed by atoms with van der Waals surface area (Å²) in [6, 6.07) is 14.1. The Morgan fingerprint density at radius 1 is 1.10 bits per heavy atom. The molecule has 1 aliphatic rings. The number of rotatable bonds is 4. The third-order valence-corrected chi connectivity index (χ3v) is 5.22. The predicted molar refractivity (Wildman–Crippen MR) is 117 cm³/mol. The number of nitrogens with zero attached hydrogens (tertiary/aromatic N) is 1. The monoisotopic (exact) mass is 411 g/mol. The molecule has 0 radical (unpaired) electrons. The highest BCUT2D eigenvalue weighted by Crippen LogP contribution is 2.20. The maximum Gasteiger partial charge on any atom is 0.261 e. The third-order valence-electron chi connectivity index (χ3n) is 5.02. The normalized spacial score (nSPS) is 14.2. The molecule has 2 N–H and O–H groups in total. The average molecular weight is 412 g/mol. The summed E-state index contributed by atoms with van der Waals surface area (Å²) >= 11 is 5.26. The minimum absolute atomic E-state index is 0.0181. The highest BCUT2D eigenvalue weighted by molar-refractivity contribution is 7.80. The molecule has 29 heavy (non-hydrogen) atoms. The first-order chi connectivity index (χ1) is 14.0. The number of hydrogen-bond acceptors (Lipinski definition) is 4. The second-order valence-electron chi connectivity index (χ2n) is 7.16. The van der Waals surface area contributed by atoms with E-state index in [1.807, 2.05) is 4.90 Å². The molecule has 1 heterocycles. The summed E-state index contributed by atoms with van der Waals surface area (Å²) in [5.74, 6) is 0.784. The van der Waals surface area contributed by atoms with Crippen LogP contribution in [0.25, 0.3) is 0 Å². The van der Waals surface area contributed by atoms with E-state index in [2.05, 4.69) is 17.6 Å². The van der Waals surface area contributed by atoms with Crippen molar-refractivity contribution in [3.8, 4) is 5.75 Å². The fraction of sp³-hybridized carbons (Fsp3) is 0.318. The van der Waals surface area contributed by atoms with Gasteiger partial charge in [-0.15, -0.1) is 0 Å². The van der Waals surface area contributed by atoms with Crippen LogP contribution in [-0.2, 0) is 0 Å². The number of methoxy groups -OCH3 is 1. The van der Waals surface area contributed by atoms with E-state index >= 15 is 0 Å². The van der Waals surface area contributed by atoms with E-state index in [9.17, 15) is 9.59 Å². The van der Waals surface area contributed by atoms with Crippen LogP contribution in [0, 0.1) is 5.92 Å². The summed E-state index contributed by atoms with van der Waals surface area (Å²) in [6.07, 6.45) is 2.06. The Bertz CT molecular complexity index is 908. The van der Waals surface area contributed by atoms with Crippen LogP contribution < -0.4 is 15.4 Å². The molecule has 2 aromatic carbocycles.